The normalized spacial score (nSPS) is 11.5. The van der Waals surface area contributed by atoms with Gasteiger partial charge in [0.25, 0.3) is 0 Å². The quantitative estimate of drug-likeness (QED) is 0.899. The summed E-state index contributed by atoms with van der Waals surface area (Å²) in [5.74, 6) is 0.273. The molecule has 21 heavy (non-hydrogen) atoms. The van der Waals surface area contributed by atoms with Gasteiger partial charge in [-0.1, -0.05) is 11.6 Å². The first-order valence-corrected chi connectivity index (χ1v) is 7.04. The fourth-order valence-electron chi connectivity index (χ4n) is 1.64. The molecule has 1 heterocycles. The van der Waals surface area contributed by atoms with Gasteiger partial charge in [-0.25, -0.2) is 9.37 Å². The highest BCUT2D eigenvalue weighted by molar-refractivity contribution is 6.30. The van der Waals surface area contributed by atoms with E-state index in [2.05, 4.69) is 31.1 Å². The highest BCUT2D eigenvalue weighted by atomic mass is 35.5. The molecule has 0 radical (unpaired) electrons. The lowest BCUT2D eigenvalue weighted by Crippen LogP contribution is -2.35. The predicted octanol–water partition coefficient (Wildman–Crippen LogP) is 4.55. The Balaban J connectivity index is 2.08. The summed E-state index contributed by atoms with van der Waals surface area (Å²) in [4.78, 5) is 4.13. The van der Waals surface area contributed by atoms with E-state index in [0.29, 0.717) is 18.2 Å². The third-order valence-corrected chi connectivity index (χ3v) is 3.04. The molecule has 0 bridgehead atoms. The fourth-order valence-corrected chi connectivity index (χ4v) is 1.76. The zero-order chi connectivity index (χ0) is 15.5. The van der Waals surface area contributed by atoms with Crippen molar-refractivity contribution in [2.24, 2.45) is 0 Å². The molecule has 0 amide bonds. The molecule has 0 unspecified atom stereocenters. The van der Waals surface area contributed by atoms with E-state index in [9.17, 15) is 4.39 Å². The molecule has 0 saturated carbocycles. The summed E-state index contributed by atoms with van der Waals surface area (Å²) in [5.41, 5.74) is 1.08. The second-order valence-electron chi connectivity index (χ2n) is 5.78. The van der Waals surface area contributed by atoms with Crippen molar-refractivity contribution in [3.05, 3.63) is 52.9 Å². The van der Waals surface area contributed by atoms with Crippen molar-refractivity contribution in [2.75, 3.05) is 0 Å². The van der Waals surface area contributed by atoms with E-state index in [0.717, 1.165) is 5.56 Å². The molecular weight excluding hydrogens is 291 g/mol. The minimum absolute atomic E-state index is 0.0313. The van der Waals surface area contributed by atoms with Gasteiger partial charge in [0, 0.05) is 30.4 Å². The number of ether oxygens (including phenoxy) is 1. The van der Waals surface area contributed by atoms with Crippen molar-refractivity contribution in [3.8, 4) is 11.6 Å². The Morgan fingerprint density at radius 1 is 1.24 bits per heavy atom. The van der Waals surface area contributed by atoms with Gasteiger partial charge in [-0.15, -0.1) is 0 Å². The summed E-state index contributed by atoms with van der Waals surface area (Å²) in [6, 6.07) is 8.04. The van der Waals surface area contributed by atoms with Crippen molar-refractivity contribution in [3.63, 3.8) is 0 Å². The van der Waals surface area contributed by atoms with E-state index >= 15 is 0 Å². The van der Waals surface area contributed by atoms with Crippen molar-refractivity contribution in [2.45, 2.75) is 32.9 Å². The molecular formula is C16H18ClFN2O. The van der Waals surface area contributed by atoms with Gasteiger partial charge >= 0.3 is 0 Å². The highest BCUT2D eigenvalue weighted by Gasteiger charge is 2.09. The zero-order valence-electron chi connectivity index (χ0n) is 12.3. The Kier molecular flexibility index (Phi) is 4.80. The Morgan fingerprint density at radius 3 is 2.67 bits per heavy atom. The average molecular weight is 309 g/mol. The smallest absolute Gasteiger partial charge is 0.219 e. The second-order valence-corrected chi connectivity index (χ2v) is 6.19. The lowest BCUT2D eigenvalue weighted by atomic mass is 10.1. The van der Waals surface area contributed by atoms with Gasteiger partial charge in [-0.05, 0) is 44.5 Å². The van der Waals surface area contributed by atoms with Crippen molar-refractivity contribution in [1.29, 1.82) is 0 Å². The van der Waals surface area contributed by atoms with Gasteiger partial charge in [0.1, 0.15) is 11.6 Å². The maximum absolute atomic E-state index is 13.4. The molecule has 0 spiro atoms. The Morgan fingerprint density at radius 2 is 2.00 bits per heavy atom. The Bertz CT molecular complexity index is 626. The van der Waals surface area contributed by atoms with Gasteiger partial charge in [0.2, 0.25) is 5.88 Å². The van der Waals surface area contributed by atoms with Crippen molar-refractivity contribution >= 4 is 11.6 Å². The number of pyridine rings is 1. The maximum atomic E-state index is 13.4. The lowest BCUT2D eigenvalue weighted by Gasteiger charge is -2.20. The first-order valence-electron chi connectivity index (χ1n) is 6.66. The van der Waals surface area contributed by atoms with Crippen LogP contribution in [0.4, 0.5) is 4.39 Å². The highest BCUT2D eigenvalue weighted by Crippen LogP contribution is 2.24. The standard InChI is InChI=1S/C16H18ClFN2O/c1-16(2,3)20-10-11-6-7-19-15(8-11)21-12-4-5-13(17)14(18)9-12/h4-9,20H,10H2,1-3H3. The summed E-state index contributed by atoms with van der Waals surface area (Å²) in [7, 11) is 0. The van der Waals surface area contributed by atoms with E-state index in [4.69, 9.17) is 16.3 Å². The van der Waals surface area contributed by atoms with E-state index in [1.54, 1.807) is 12.3 Å². The summed E-state index contributed by atoms with van der Waals surface area (Å²) in [6.07, 6.45) is 1.67. The first-order chi connectivity index (χ1) is 9.83. The number of nitrogens with zero attached hydrogens (tertiary/aromatic N) is 1. The Hall–Kier alpha value is -1.65. The molecule has 0 saturated heterocycles. The largest absolute Gasteiger partial charge is 0.439 e. The van der Waals surface area contributed by atoms with Gasteiger partial charge in [0.15, 0.2) is 0 Å². The molecule has 0 fully saturated rings. The molecule has 0 atom stereocenters. The second kappa shape index (κ2) is 6.41. The van der Waals surface area contributed by atoms with Crippen molar-refractivity contribution < 1.29 is 9.13 Å². The van der Waals surface area contributed by atoms with Crippen LogP contribution in [0.5, 0.6) is 11.6 Å². The third-order valence-electron chi connectivity index (χ3n) is 2.74. The van der Waals surface area contributed by atoms with Gasteiger partial charge < -0.3 is 10.1 Å². The summed E-state index contributed by atoms with van der Waals surface area (Å²) < 4.78 is 18.9. The SMILES string of the molecule is CC(C)(C)NCc1ccnc(Oc2ccc(Cl)c(F)c2)c1. The molecule has 2 rings (SSSR count). The third kappa shape index (κ3) is 4.99. The van der Waals surface area contributed by atoms with Crippen LogP contribution in [0.3, 0.4) is 0 Å². The molecule has 2 aromatic rings. The number of halogens is 2. The summed E-state index contributed by atoms with van der Waals surface area (Å²) in [5, 5.41) is 3.45. The predicted molar refractivity (Wildman–Crippen MR) is 82.3 cm³/mol. The van der Waals surface area contributed by atoms with E-state index in [1.165, 1.54) is 12.1 Å². The molecule has 5 heteroatoms. The van der Waals surface area contributed by atoms with Crippen LogP contribution in [0.15, 0.2) is 36.5 Å². The summed E-state index contributed by atoms with van der Waals surface area (Å²) >= 11 is 5.64. The Labute approximate surface area is 129 Å². The minimum atomic E-state index is -0.514. The van der Waals surface area contributed by atoms with Crippen LogP contribution in [0.25, 0.3) is 0 Å². The van der Waals surface area contributed by atoms with Crippen LogP contribution in [-0.4, -0.2) is 10.5 Å². The zero-order valence-corrected chi connectivity index (χ0v) is 13.0. The van der Waals surface area contributed by atoms with Gasteiger partial charge in [0.05, 0.1) is 5.02 Å². The van der Waals surface area contributed by atoms with Crippen molar-refractivity contribution in [1.82, 2.24) is 10.3 Å². The molecule has 0 aliphatic rings. The number of aromatic nitrogens is 1. The molecule has 1 aromatic heterocycles. The fraction of sp³-hybridized carbons (Fsp3) is 0.312. The summed E-state index contributed by atoms with van der Waals surface area (Å²) in [6.45, 7) is 7.00. The van der Waals surface area contributed by atoms with Crippen LogP contribution in [0.1, 0.15) is 26.3 Å². The van der Waals surface area contributed by atoms with E-state index in [1.807, 2.05) is 12.1 Å². The maximum Gasteiger partial charge on any atom is 0.219 e. The van der Waals surface area contributed by atoms with Gasteiger partial charge in [-0.2, -0.15) is 0 Å². The molecule has 3 nitrogen and oxygen atoms in total. The number of hydrogen-bond donors (Lipinski definition) is 1. The average Bonchev–Trinajstić information content (AvgIpc) is 2.40. The number of benzene rings is 1. The molecule has 112 valence electrons. The minimum Gasteiger partial charge on any atom is -0.439 e. The number of rotatable bonds is 4. The monoisotopic (exact) mass is 308 g/mol. The van der Waals surface area contributed by atoms with Crippen LogP contribution >= 0.6 is 11.6 Å². The first kappa shape index (κ1) is 15.7. The van der Waals surface area contributed by atoms with Gasteiger partial charge in [-0.3, -0.25) is 0 Å². The van der Waals surface area contributed by atoms with Crippen LogP contribution in [0.2, 0.25) is 5.02 Å². The molecule has 1 aromatic carbocycles. The molecule has 0 aliphatic heterocycles. The van der Waals surface area contributed by atoms with Crippen LogP contribution in [0, 0.1) is 5.82 Å². The lowest BCUT2D eigenvalue weighted by molar-refractivity contribution is 0.421. The van der Waals surface area contributed by atoms with Crippen LogP contribution < -0.4 is 10.1 Å². The number of nitrogens with one attached hydrogen (secondary N) is 1. The van der Waals surface area contributed by atoms with E-state index in [-0.39, 0.29) is 10.6 Å². The molecule has 0 aliphatic carbocycles. The van der Waals surface area contributed by atoms with Crippen LogP contribution in [-0.2, 0) is 6.54 Å². The number of hydrogen-bond acceptors (Lipinski definition) is 3. The van der Waals surface area contributed by atoms with E-state index < -0.39 is 5.82 Å². The topological polar surface area (TPSA) is 34.2 Å². The molecule has 1 N–H and O–H groups in total.